The summed E-state index contributed by atoms with van der Waals surface area (Å²) < 4.78 is 25.8. The summed E-state index contributed by atoms with van der Waals surface area (Å²) in [4.78, 5) is 4.20. The zero-order valence-corrected chi connectivity index (χ0v) is 11.8. The molecule has 0 unspecified atom stereocenters. The molecule has 22 heavy (non-hydrogen) atoms. The molecular formula is C18H14F2N2. The lowest BCUT2D eigenvalue weighted by atomic mass is 10.1. The lowest BCUT2D eigenvalue weighted by Gasteiger charge is -2.08. The molecule has 1 N–H and O–H groups in total. The van der Waals surface area contributed by atoms with Gasteiger partial charge in [-0.3, -0.25) is 4.98 Å². The second-order valence-electron chi connectivity index (χ2n) is 5.02. The molecule has 0 amide bonds. The predicted molar refractivity (Wildman–Crippen MR) is 83.1 cm³/mol. The molecule has 0 atom stereocenters. The third kappa shape index (κ3) is 3.67. The summed E-state index contributed by atoms with van der Waals surface area (Å²) in [5.41, 5.74) is 3.65. The maximum Gasteiger partial charge on any atom is 0.123 e. The van der Waals surface area contributed by atoms with Crippen LogP contribution in [0.5, 0.6) is 0 Å². The topological polar surface area (TPSA) is 24.9 Å². The molecule has 0 fully saturated rings. The molecule has 0 aliphatic heterocycles. The Hall–Kier alpha value is -2.75. The van der Waals surface area contributed by atoms with E-state index in [2.05, 4.69) is 10.3 Å². The number of aromatic nitrogens is 1. The maximum absolute atomic E-state index is 12.9. The van der Waals surface area contributed by atoms with Crippen molar-refractivity contribution in [1.82, 2.24) is 4.98 Å². The summed E-state index contributed by atoms with van der Waals surface area (Å²) in [6, 6.07) is 14.5. The van der Waals surface area contributed by atoms with E-state index in [0.29, 0.717) is 6.42 Å². The van der Waals surface area contributed by atoms with Crippen molar-refractivity contribution < 1.29 is 8.78 Å². The Labute approximate surface area is 127 Å². The molecule has 3 rings (SSSR count). The van der Waals surface area contributed by atoms with Crippen LogP contribution in [0.2, 0.25) is 0 Å². The minimum atomic E-state index is -0.270. The smallest absolute Gasteiger partial charge is 0.123 e. The second-order valence-corrected chi connectivity index (χ2v) is 5.02. The molecule has 1 aromatic heterocycles. The van der Waals surface area contributed by atoms with Crippen molar-refractivity contribution in [1.29, 1.82) is 0 Å². The Morgan fingerprint density at radius 2 is 1.36 bits per heavy atom. The molecule has 4 heteroatoms. The predicted octanol–water partition coefficient (Wildman–Crippen LogP) is 4.69. The van der Waals surface area contributed by atoms with Crippen LogP contribution in [0, 0.1) is 11.6 Å². The van der Waals surface area contributed by atoms with E-state index in [-0.39, 0.29) is 11.6 Å². The normalized spacial score (nSPS) is 10.5. The van der Waals surface area contributed by atoms with Crippen LogP contribution in [-0.4, -0.2) is 4.98 Å². The van der Waals surface area contributed by atoms with Crippen molar-refractivity contribution in [2.45, 2.75) is 6.42 Å². The number of hydrogen-bond donors (Lipinski definition) is 1. The van der Waals surface area contributed by atoms with E-state index in [1.807, 2.05) is 6.07 Å². The number of halogens is 2. The summed E-state index contributed by atoms with van der Waals surface area (Å²) >= 11 is 0. The number of nitrogens with one attached hydrogen (secondary N) is 1. The Balaban J connectivity index is 1.74. The van der Waals surface area contributed by atoms with E-state index in [0.717, 1.165) is 22.5 Å². The molecule has 110 valence electrons. The average molecular weight is 296 g/mol. The van der Waals surface area contributed by atoms with Gasteiger partial charge in [0.15, 0.2) is 0 Å². The van der Waals surface area contributed by atoms with Crippen molar-refractivity contribution in [2.24, 2.45) is 0 Å². The van der Waals surface area contributed by atoms with E-state index in [9.17, 15) is 8.78 Å². The quantitative estimate of drug-likeness (QED) is 0.755. The van der Waals surface area contributed by atoms with Crippen molar-refractivity contribution in [3.05, 3.63) is 89.8 Å². The molecule has 3 aromatic rings. The van der Waals surface area contributed by atoms with Crippen molar-refractivity contribution in [3.63, 3.8) is 0 Å². The van der Waals surface area contributed by atoms with Crippen molar-refractivity contribution in [2.75, 3.05) is 5.32 Å². The van der Waals surface area contributed by atoms with Gasteiger partial charge in [-0.1, -0.05) is 12.1 Å². The Kier molecular flexibility index (Phi) is 4.10. The molecular weight excluding hydrogens is 282 g/mol. The highest BCUT2D eigenvalue weighted by molar-refractivity contribution is 5.59. The first kappa shape index (κ1) is 14.2. The highest BCUT2D eigenvalue weighted by Crippen LogP contribution is 2.18. The van der Waals surface area contributed by atoms with Crippen molar-refractivity contribution >= 4 is 11.4 Å². The van der Waals surface area contributed by atoms with Gasteiger partial charge >= 0.3 is 0 Å². The van der Waals surface area contributed by atoms with Crippen LogP contribution >= 0.6 is 0 Å². The van der Waals surface area contributed by atoms with Gasteiger partial charge in [-0.25, -0.2) is 8.78 Å². The van der Waals surface area contributed by atoms with Crippen LogP contribution in [0.4, 0.5) is 20.2 Å². The van der Waals surface area contributed by atoms with E-state index < -0.39 is 0 Å². The SMILES string of the molecule is Fc1ccc(Cc2cncc(Nc3ccc(F)cc3)c2)cc1. The van der Waals surface area contributed by atoms with Gasteiger partial charge in [-0.2, -0.15) is 0 Å². The minimum Gasteiger partial charge on any atom is -0.354 e. The second kappa shape index (κ2) is 6.35. The zero-order valence-electron chi connectivity index (χ0n) is 11.8. The number of benzene rings is 2. The van der Waals surface area contributed by atoms with Gasteiger partial charge in [0.05, 0.1) is 11.9 Å². The standard InChI is InChI=1S/C18H14F2N2/c19-15-3-1-13(2-4-15)9-14-10-18(12-21-11-14)22-17-7-5-16(20)6-8-17/h1-8,10-12,22H,9H2. The number of pyridine rings is 1. The maximum atomic E-state index is 12.9. The molecule has 0 saturated carbocycles. The number of anilines is 2. The molecule has 0 aliphatic carbocycles. The van der Waals surface area contributed by atoms with Crippen LogP contribution < -0.4 is 5.32 Å². The molecule has 0 bridgehead atoms. The highest BCUT2D eigenvalue weighted by atomic mass is 19.1. The van der Waals surface area contributed by atoms with Gasteiger partial charge < -0.3 is 5.32 Å². The number of hydrogen-bond acceptors (Lipinski definition) is 2. The molecule has 0 aliphatic rings. The van der Waals surface area contributed by atoms with Gasteiger partial charge in [0.2, 0.25) is 0 Å². The molecule has 2 nitrogen and oxygen atoms in total. The lowest BCUT2D eigenvalue weighted by molar-refractivity contribution is 0.627. The van der Waals surface area contributed by atoms with Gasteiger partial charge in [0.1, 0.15) is 11.6 Å². The Morgan fingerprint density at radius 3 is 2.05 bits per heavy atom. The first-order chi connectivity index (χ1) is 10.7. The summed E-state index contributed by atoms with van der Waals surface area (Å²) in [5.74, 6) is -0.512. The summed E-state index contributed by atoms with van der Waals surface area (Å²) in [5, 5.41) is 3.18. The summed E-state index contributed by atoms with van der Waals surface area (Å²) in [6.07, 6.45) is 4.16. The fourth-order valence-corrected chi connectivity index (χ4v) is 2.19. The first-order valence-corrected chi connectivity index (χ1v) is 6.90. The molecule has 0 spiro atoms. The van der Waals surface area contributed by atoms with Gasteiger partial charge in [-0.15, -0.1) is 0 Å². The Bertz CT molecular complexity index is 690. The number of rotatable bonds is 4. The van der Waals surface area contributed by atoms with Crippen molar-refractivity contribution in [3.8, 4) is 0 Å². The van der Waals surface area contributed by atoms with E-state index in [1.165, 1.54) is 24.3 Å². The number of nitrogens with zero attached hydrogens (tertiary/aromatic N) is 1. The lowest BCUT2D eigenvalue weighted by Crippen LogP contribution is -1.95. The monoisotopic (exact) mass is 296 g/mol. The minimum absolute atomic E-state index is 0.242. The third-order valence-corrected chi connectivity index (χ3v) is 3.25. The first-order valence-electron chi connectivity index (χ1n) is 6.90. The zero-order chi connectivity index (χ0) is 15.4. The van der Waals surface area contributed by atoms with Gasteiger partial charge in [0, 0.05) is 11.9 Å². The fourth-order valence-electron chi connectivity index (χ4n) is 2.19. The largest absolute Gasteiger partial charge is 0.354 e. The molecule has 0 saturated heterocycles. The van der Waals surface area contributed by atoms with E-state index in [4.69, 9.17) is 0 Å². The highest BCUT2D eigenvalue weighted by Gasteiger charge is 2.01. The summed E-state index contributed by atoms with van der Waals surface area (Å²) in [6.45, 7) is 0. The third-order valence-electron chi connectivity index (χ3n) is 3.25. The van der Waals surface area contributed by atoms with Crippen LogP contribution in [0.1, 0.15) is 11.1 Å². The van der Waals surface area contributed by atoms with E-state index >= 15 is 0 Å². The Morgan fingerprint density at radius 1 is 0.727 bits per heavy atom. The van der Waals surface area contributed by atoms with Crippen LogP contribution in [-0.2, 0) is 6.42 Å². The van der Waals surface area contributed by atoms with Crippen LogP contribution in [0.25, 0.3) is 0 Å². The van der Waals surface area contributed by atoms with Gasteiger partial charge in [-0.05, 0) is 60.0 Å². The van der Waals surface area contributed by atoms with Gasteiger partial charge in [0.25, 0.3) is 0 Å². The fraction of sp³-hybridized carbons (Fsp3) is 0.0556. The van der Waals surface area contributed by atoms with Crippen LogP contribution in [0.3, 0.4) is 0 Å². The van der Waals surface area contributed by atoms with E-state index in [1.54, 1.807) is 36.7 Å². The van der Waals surface area contributed by atoms with Crippen LogP contribution in [0.15, 0.2) is 67.0 Å². The summed E-state index contributed by atoms with van der Waals surface area (Å²) in [7, 11) is 0. The molecule has 1 heterocycles. The average Bonchev–Trinajstić information content (AvgIpc) is 2.52. The molecule has 0 radical (unpaired) electrons. The molecule has 2 aromatic carbocycles.